The first-order valence-electron chi connectivity index (χ1n) is 4.77. The molecule has 0 saturated heterocycles. The Balaban J connectivity index is 2.34. The van der Waals surface area contributed by atoms with Crippen molar-refractivity contribution in [2.24, 2.45) is 0 Å². The molecule has 0 aliphatic heterocycles. The SMILES string of the molecule is Nc1ccc(Oc2ccc(F)cc2[N+](=O)[O-])nn1. The van der Waals surface area contributed by atoms with Crippen LogP contribution in [0.3, 0.4) is 0 Å². The molecule has 0 amide bonds. The van der Waals surface area contributed by atoms with Crippen LogP contribution in [0.1, 0.15) is 0 Å². The lowest BCUT2D eigenvalue weighted by Gasteiger charge is -2.04. The van der Waals surface area contributed by atoms with Gasteiger partial charge in [-0.1, -0.05) is 0 Å². The number of anilines is 1. The Morgan fingerprint density at radius 1 is 1.28 bits per heavy atom. The molecule has 0 atom stereocenters. The fourth-order valence-electron chi connectivity index (χ4n) is 1.22. The Kier molecular flexibility index (Phi) is 3.00. The maximum absolute atomic E-state index is 12.9. The first-order valence-corrected chi connectivity index (χ1v) is 4.77. The molecule has 2 aromatic rings. The molecular formula is C10H7FN4O3. The van der Waals surface area contributed by atoms with Crippen molar-refractivity contribution < 1.29 is 14.1 Å². The molecule has 0 spiro atoms. The lowest BCUT2D eigenvalue weighted by Crippen LogP contribution is -1.97. The number of benzene rings is 1. The van der Waals surface area contributed by atoms with Crippen LogP contribution in [0.25, 0.3) is 0 Å². The highest BCUT2D eigenvalue weighted by Crippen LogP contribution is 2.30. The van der Waals surface area contributed by atoms with E-state index in [1.54, 1.807) is 0 Å². The summed E-state index contributed by atoms with van der Waals surface area (Å²) in [5.41, 5.74) is 4.84. The molecule has 0 bridgehead atoms. The molecular weight excluding hydrogens is 243 g/mol. The van der Waals surface area contributed by atoms with Crippen molar-refractivity contribution in [3.63, 3.8) is 0 Å². The number of aromatic nitrogens is 2. The minimum absolute atomic E-state index is 0.0268. The number of nitrogens with two attached hydrogens (primary N) is 1. The van der Waals surface area contributed by atoms with Crippen molar-refractivity contribution in [3.05, 3.63) is 46.3 Å². The Bertz CT molecular complexity index is 588. The third-order valence-corrected chi connectivity index (χ3v) is 1.99. The van der Waals surface area contributed by atoms with Crippen molar-refractivity contribution in [2.75, 3.05) is 5.73 Å². The summed E-state index contributed by atoms with van der Waals surface area (Å²) in [5.74, 6) is -0.632. The van der Waals surface area contributed by atoms with Crippen molar-refractivity contribution in [2.45, 2.75) is 0 Å². The standard InChI is InChI=1S/C10H7FN4O3/c11-6-1-2-8(7(5-6)15(16)17)18-10-4-3-9(12)13-14-10/h1-5H,(H2,12,13). The van der Waals surface area contributed by atoms with E-state index < -0.39 is 16.4 Å². The van der Waals surface area contributed by atoms with E-state index in [1.807, 2.05) is 0 Å². The van der Waals surface area contributed by atoms with Crippen LogP contribution in [0.2, 0.25) is 0 Å². The number of rotatable bonds is 3. The Hall–Kier alpha value is -2.77. The lowest BCUT2D eigenvalue weighted by molar-refractivity contribution is -0.385. The summed E-state index contributed by atoms with van der Waals surface area (Å²) in [6.45, 7) is 0. The van der Waals surface area contributed by atoms with Crippen LogP contribution >= 0.6 is 0 Å². The molecule has 7 nitrogen and oxygen atoms in total. The van der Waals surface area contributed by atoms with E-state index in [1.165, 1.54) is 12.1 Å². The molecule has 0 aliphatic carbocycles. The van der Waals surface area contributed by atoms with Crippen LogP contribution in [0, 0.1) is 15.9 Å². The number of halogens is 1. The minimum atomic E-state index is -0.747. The Labute approximate surface area is 100 Å². The summed E-state index contributed by atoms with van der Waals surface area (Å²) >= 11 is 0. The fraction of sp³-hybridized carbons (Fsp3) is 0. The number of hydrogen-bond acceptors (Lipinski definition) is 6. The van der Waals surface area contributed by atoms with E-state index >= 15 is 0 Å². The maximum Gasteiger partial charge on any atom is 0.314 e. The van der Waals surface area contributed by atoms with Gasteiger partial charge in [0.25, 0.3) is 0 Å². The number of nitrogen functional groups attached to an aromatic ring is 1. The summed E-state index contributed by atoms with van der Waals surface area (Å²) in [7, 11) is 0. The van der Waals surface area contributed by atoms with E-state index in [9.17, 15) is 14.5 Å². The van der Waals surface area contributed by atoms with Gasteiger partial charge in [-0.15, -0.1) is 10.2 Å². The van der Waals surface area contributed by atoms with Crippen molar-refractivity contribution in [1.29, 1.82) is 0 Å². The van der Waals surface area contributed by atoms with Crippen LogP contribution in [0.4, 0.5) is 15.9 Å². The second-order valence-corrected chi connectivity index (χ2v) is 3.27. The second kappa shape index (κ2) is 4.62. The predicted molar refractivity (Wildman–Crippen MR) is 59.6 cm³/mol. The van der Waals surface area contributed by atoms with Gasteiger partial charge < -0.3 is 10.5 Å². The largest absolute Gasteiger partial charge is 0.430 e. The van der Waals surface area contributed by atoms with Gasteiger partial charge in [0, 0.05) is 6.07 Å². The topological polar surface area (TPSA) is 104 Å². The van der Waals surface area contributed by atoms with Gasteiger partial charge in [0.15, 0.2) is 0 Å². The molecule has 1 aromatic carbocycles. The highest BCUT2D eigenvalue weighted by molar-refractivity contribution is 5.47. The zero-order chi connectivity index (χ0) is 13.1. The second-order valence-electron chi connectivity index (χ2n) is 3.27. The maximum atomic E-state index is 12.9. The molecule has 1 aromatic heterocycles. The van der Waals surface area contributed by atoms with Crippen molar-refractivity contribution in [1.82, 2.24) is 10.2 Å². The highest BCUT2D eigenvalue weighted by Gasteiger charge is 2.17. The van der Waals surface area contributed by atoms with Gasteiger partial charge in [-0.05, 0) is 18.2 Å². The molecule has 0 unspecified atom stereocenters. The predicted octanol–water partition coefficient (Wildman–Crippen LogP) is 1.90. The average molecular weight is 250 g/mol. The molecule has 1 heterocycles. The molecule has 92 valence electrons. The van der Waals surface area contributed by atoms with Crippen LogP contribution < -0.4 is 10.5 Å². The molecule has 0 saturated carbocycles. The number of hydrogen-bond donors (Lipinski definition) is 1. The van der Waals surface area contributed by atoms with E-state index in [4.69, 9.17) is 10.5 Å². The lowest BCUT2D eigenvalue weighted by atomic mass is 10.3. The van der Waals surface area contributed by atoms with Crippen LogP contribution in [0.15, 0.2) is 30.3 Å². The molecule has 0 fully saturated rings. The molecule has 2 rings (SSSR count). The van der Waals surface area contributed by atoms with Gasteiger partial charge in [-0.2, -0.15) is 0 Å². The third kappa shape index (κ3) is 2.48. The molecule has 2 N–H and O–H groups in total. The average Bonchev–Trinajstić information content (AvgIpc) is 2.34. The summed E-state index contributed by atoms with van der Waals surface area (Å²) in [6.07, 6.45) is 0. The van der Waals surface area contributed by atoms with Gasteiger partial charge >= 0.3 is 5.69 Å². The van der Waals surface area contributed by atoms with E-state index in [0.717, 1.165) is 18.2 Å². The number of nitrogens with zero attached hydrogens (tertiary/aromatic N) is 3. The normalized spacial score (nSPS) is 10.1. The monoisotopic (exact) mass is 250 g/mol. The molecule has 18 heavy (non-hydrogen) atoms. The molecule has 8 heteroatoms. The van der Waals surface area contributed by atoms with E-state index in [-0.39, 0.29) is 17.4 Å². The fourth-order valence-corrected chi connectivity index (χ4v) is 1.22. The van der Waals surface area contributed by atoms with Crippen molar-refractivity contribution >= 4 is 11.5 Å². The van der Waals surface area contributed by atoms with Crippen LogP contribution in [-0.4, -0.2) is 15.1 Å². The van der Waals surface area contributed by atoms with Gasteiger partial charge in [0.2, 0.25) is 11.6 Å². The van der Waals surface area contributed by atoms with Gasteiger partial charge in [0.1, 0.15) is 11.6 Å². The number of nitro benzene ring substituents is 1. The van der Waals surface area contributed by atoms with Crippen LogP contribution in [-0.2, 0) is 0 Å². The molecule has 0 radical (unpaired) electrons. The third-order valence-electron chi connectivity index (χ3n) is 1.99. The summed E-state index contributed by atoms with van der Waals surface area (Å²) in [6, 6.07) is 5.78. The Morgan fingerprint density at radius 2 is 2.06 bits per heavy atom. The van der Waals surface area contributed by atoms with E-state index in [0.29, 0.717) is 0 Å². The summed E-state index contributed by atoms with van der Waals surface area (Å²) in [5, 5.41) is 17.8. The number of nitro groups is 1. The van der Waals surface area contributed by atoms with Gasteiger partial charge in [-0.3, -0.25) is 10.1 Å². The first-order chi connectivity index (χ1) is 8.56. The van der Waals surface area contributed by atoms with Gasteiger partial charge in [-0.25, -0.2) is 4.39 Å². The summed E-state index contributed by atoms with van der Waals surface area (Å²) in [4.78, 5) is 9.97. The summed E-state index contributed by atoms with van der Waals surface area (Å²) < 4.78 is 18.0. The van der Waals surface area contributed by atoms with Gasteiger partial charge in [0.05, 0.1) is 11.0 Å². The first kappa shape index (κ1) is 11.7. The zero-order valence-electron chi connectivity index (χ0n) is 8.91. The minimum Gasteiger partial charge on any atom is -0.430 e. The smallest absolute Gasteiger partial charge is 0.314 e. The van der Waals surface area contributed by atoms with Crippen LogP contribution in [0.5, 0.6) is 11.6 Å². The number of ether oxygens (including phenoxy) is 1. The molecule has 0 aliphatic rings. The quantitative estimate of drug-likeness (QED) is 0.658. The highest BCUT2D eigenvalue weighted by atomic mass is 19.1. The van der Waals surface area contributed by atoms with E-state index in [2.05, 4.69) is 10.2 Å². The Morgan fingerprint density at radius 3 is 2.67 bits per heavy atom. The zero-order valence-corrected chi connectivity index (χ0v) is 8.91. The van der Waals surface area contributed by atoms with Crippen molar-refractivity contribution in [3.8, 4) is 11.6 Å².